The SMILES string of the molecule is Cc1ccc2nc3ccccc3c(C(C)(C)C)c2c1C. The van der Waals surface area contributed by atoms with Crippen LogP contribution in [0.5, 0.6) is 0 Å². The molecule has 0 N–H and O–H groups in total. The van der Waals surface area contributed by atoms with Gasteiger partial charge >= 0.3 is 0 Å². The summed E-state index contributed by atoms with van der Waals surface area (Å²) in [5.74, 6) is 0. The van der Waals surface area contributed by atoms with Gasteiger partial charge in [0.15, 0.2) is 0 Å². The van der Waals surface area contributed by atoms with Crippen LogP contribution in [0.1, 0.15) is 37.5 Å². The lowest BCUT2D eigenvalue weighted by molar-refractivity contribution is 0.600. The molecule has 2 aromatic carbocycles. The van der Waals surface area contributed by atoms with Crippen molar-refractivity contribution in [2.45, 2.75) is 40.0 Å². The molecular formula is C19H21N. The minimum Gasteiger partial charge on any atom is -0.248 e. The number of hydrogen-bond donors (Lipinski definition) is 0. The van der Waals surface area contributed by atoms with Crippen molar-refractivity contribution in [1.29, 1.82) is 0 Å². The van der Waals surface area contributed by atoms with E-state index >= 15 is 0 Å². The molecule has 0 aliphatic heterocycles. The Kier molecular flexibility index (Phi) is 2.82. The second-order valence-corrected chi connectivity index (χ2v) is 6.66. The molecule has 102 valence electrons. The summed E-state index contributed by atoms with van der Waals surface area (Å²) in [6.07, 6.45) is 0. The molecule has 0 unspecified atom stereocenters. The van der Waals surface area contributed by atoms with Crippen LogP contribution >= 0.6 is 0 Å². The quantitative estimate of drug-likeness (QED) is 0.501. The van der Waals surface area contributed by atoms with Gasteiger partial charge in [-0.05, 0) is 48.1 Å². The number of nitrogens with zero attached hydrogens (tertiary/aromatic N) is 1. The maximum atomic E-state index is 4.85. The maximum absolute atomic E-state index is 4.85. The van der Waals surface area contributed by atoms with Gasteiger partial charge < -0.3 is 0 Å². The van der Waals surface area contributed by atoms with Crippen LogP contribution in [0.2, 0.25) is 0 Å². The van der Waals surface area contributed by atoms with Crippen LogP contribution in [-0.4, -0.2) is 4.98 Å². The van der Waals surface area contributed by atoms with Crippen LogP contribution in [0.25, 0.3) is 21.8 Å². The topological polar surface area (TPSA) is 12.9 Å². The Labute approximate surface area is 120 Å². The molecule has 1 nitrogen and oxygen atoms in total. The highest BCUT2D eigenvalue weighted by atomic mass is 14.7. The van der Waals surface area contributed by atoms with Crippen LogP contribution < -0.4 is 0 Å². The number of benzene rings is 2. The first-order valence-electron chi connectivity index (χ1n) is 7.19. The van der Waals surface area contributed by atoms with E-state index in [-0.39, 0.29) is 5.41 Å². The predicted octanol–water partition coefficient (Wildman–Crippen LogP) is 5.30. The zero-order valence-electron chi connectivity index (χ0n) is 12.9. The van der Waals surface area contributed by atoms with Crippen molar-refractivity contribution in [1.82, 2.24) is 4.98 Å². The van der Waals surface area contributed by atoms with Gasteiger partial charge in [0.1, 0.15) is 0 Å². The molecule has 0 saturated heterocycles. The fourth-order valence-electron chi connectivity index (χ4n) is 3.04. The molecule has 0 bridgehead atoms. The van der Waals surface area contributed by atoms with Gasteiger partial charge in [-0.15, -0.1) is 0 Å². The van der Waals surface area contributed by atoms with Crippen molar-refractivity contribution >= 4 is 21.8 Å². The van der Waals surface area contributed by atoms with Crippen molar-refractivity contribution in [3.8, 4) is 0 Å². The summed E-state index contributed by atoms with van der Waals surface area (Å²) in [5.41, 5.74) is 6.40. The van der Waals surface area contributed by atoms with Crippen molar-refractivity contribution in [2.24, 2.45) is 0 Å². The smallest absolute Gasteiger partial charge is 0.0715 e. The van der Waals surface area contributed by atoms with E-state index in [4.69, 9.17) is 4.98 Å². The van der Waals surface area contributed by atoms with Crippen LogP contribution in [0.3, 0.4) is 0 Å². The lowest BCUT2D eigenvalue weighted by Gasteiger charge is -2.25. The van der Waals surface area contributed by atoms with E-state index in [0.29, 0.717) is 0 Å². The fourth-order valence-corrected chi connectivity index (χ4v) is 3.04. The first kappa shape index (κ1) is 13.1. The lowest BCUT2D eigenvalue weighted by atomic mass is 9.80. The third-order valence-corrected chi connectivity index (χ3v) is 4.13. The molecule has 1 heterocycles. The first-order chi connectivity index (χ1) is 9.39. The molecule has 0 fully saturated rings. The summed E-state index contributed by atoms with van der Waals surface area (Å²) in [6, 6.07) is 12.8. The number of pyridine rings is 1. The van der Waals surface area contributed by atoms with Crippen molar-refractivity contribution in [2.75, 3.05) is 0 Å². The van der Waals surface area contributed by atoms with E-state index in [2.05, 4.69) is 71.0 Å². The maximum Gasteiger partial charge on any atom is 0.0715 e. The number of fused-ring (bicyclic) bond motifs is 2. The van der Waals surface area contributed by atoms with E-state index in [1.165, 1.54) is 27.5 Å². The van der Waals surface area contributed by atoms with Gasteiger partial charge in [0, 0.05) is 10.8 Å². The lowest BCUT2D eigenvalue weighted by Crippen LogP contribution is -2.14. The Bertz CT molecular complexity index is 807. The molecule has 1 heteroatoms. The van der Waals surface area contributed by atoms with Crippen LogP contribution in [0.4, 0.5) is 0 Å². The summed E-state index contributed by atoms with van der Waals surface area (Å²) in [6.45, 7) is 11.3. The van der Waals surface area contributed by atoms with Gasteiger partial charge in [0.2, 0.25) is 0 Å². The molecule has 0 spiro atoms. The molecule has 0 radical (unpaired) electrons. The van der Waals surface area contributed by atoms with Crippen molar-refractivity contribution in [3.05, 3.63) is 53.1 Å². The minimum atomic E-state index is 0.0966. The van der Waals surface area contributed by atoms with Crippen LogP contribution in [0, 0.1) is 13.8 Å². The fraction of sp³-hybridized carbons (Fsp3) is 0.316. The normalized spacial score (nSPS) is 12.2. The molecule has 0 atom stereocenters. The van der Waals surface area contributed by atoms with Gasteiger partial charge in [-0.25, -0.2) is 4.98 Å². The number of aromatic nitrogens is 1. The highest BCUT2D eigenvalue weighted by Gasteiger charge is 2.22. The zero-order valence-corrected chi connectivity index (χ0v) is 12.9. The molecule has 0 aliphatic carbocycles. The summed E-state index contributed by atoms with van der Waals surface area (Å²) < 4.78 is 0. The minimum absolute atomic E-state index is 0.0966. The zero-order chi connectivity index (χ0) is 14.5. The van der Waals surface area contributed by atoms with E-state index in [9.17, 15) is 0 Å². The Hall–Kier alpha value is -1.89. The molecule has 3 rings (SSSR count). The molecule has 20 heavy (non-hydrogen) atoms. The Morgan fingerprint density at radius 2 is 1.55 bits per heavy atom. The van der Waals surface area contributed by atoms with E-state index < -0.39 is 0 Å². The van der Waals surface area contributed by atoms with E-state index in [0.717, 1.165) is 11.0 Å². The average Bonchev–Trinajstić information content (AvgIpc) is 2.39. The summed E-state index contributed by atoms with van der Waals surface area (Å²) in [4.78, 5) is 4.85. The standard InChI is InChI=1S/C19H21N/c1-12-10-11-16-17(13(12)2)18(19(3,4)5)14-8-6-7-9-15(14)20-16/h6-11H,1-5H3. The van der Waals surface area contributed by atoms with Gasteiger partial charge in [0.05, 0.1) is 11.0 Å². The largest absolute Gasteiger partial charge is 0.248 e. The number of aryl methyl sites for hydroxylation is 2. The summed E-state index contributed by atoms with van der Waals surface area (Å²) in [5, 5.41) is 2.61. The second-order valence-electron chi connectivity index (χ2n) is 6.66. The molecular weight excluding hydrogens is 242 g/mol. The molecule has 3 aromatic rings. The van der Waals surface area contributed by atoms with Crippen molar-refractivity contribution in [3.63, 3.8) is 0 Å². The molecule has 0 saturated carbocycles. The molecule has 0 aliphatic rings. The Morgan fingerprint density at radius 3 is 2.25 bits per heavy atom. The average molecular weight is 263 g/mol. The van der Waals surface area contributed by atoms with E-state index in [1.807, 2.05) is 0 Å². The Morgan fingerprint density at radius 1 is 0.850 bits per heavy atom. The summed E-state index contributed by atoms with van der Waals surface area (Å²) >= 11 is 0. The van der Waals surface area contributed by atoms with Crippen LogP contribution in [-0.2, 0) is 5.41 Å². The van der Waals surface area contributed by atoms with E-state index in [1.54, 1.807) is 0 Å². The van der Waals surface area contributed by atoms with Gasteiger partial charge in [0.25, 0.3) is 0 Å². The monoisotopic (exact) mass is 263 g/mol. The van der Waals surface area contributed by atoms with Gasteiger partial charge in [-0.3, -0.25) is 0 Å². The first-order valence-corrected chi connectivity index (χ1v) is 7.19. The van der Waals surface area contributed by atoms with Gasteiger partial charge in [-0.1, -0.05) is 45.0 Å². The predicted molar refractivity (Wildman–Crippen MR) is 87.4 cm³/mol. The number of rotatable bonds is 0. The third-order valence-electron chi connectivity index (χ3n) is 4.13. The second kappa shape index (κ2) is 4.31. The Balaban J connectivity index is 2.64. The molecule has 0 amide bonds. The van der Waals surface area contributed by atoms with Crippen LogP contribution in [0.15, 0.2) is 36.4 Å². The highest BCUT2D eigenvalue weighted by molar-refractivity contribution is 6.00. The van der Waals surface area contributed by atoms with Gasteiger partial charge in [-0.2, -0.15) is 0 Å². The molecule has 1 aromatic heterocycles. The number of hydrogen-bond acceptors (Lipinski definition) is 1. The summed E-state index contributed by atoms with van der Waals surface area (Å²) in [7, 11) is 0. The highest BCUT2D eigenvalue weighted by Crippen LogP contribution is 2.37. The third kappa shape index (κ3) is 1.89. The van der Waals surface area contributed by atoms with Crippen molar-refractivity contribution < 1.29 is 0 Å². The number of para-hydroxylation sites is 1.